The van der Waals surface area contributed by atoms with Gasteiger partial charge >= 0.3 is 0 Å². The van der Waals surface area contributed by atoms with E-state index in [1.807, 2.05) is 13.8 Å². The van der Waals surface area contributed by atoms with Gasteiger partial charge in [0.15, 0.2) is 0 Å². The first kappa shape index (κ1) is 24.4. The van der Waals surface area contributed by atoms with Gasteiger partial charge in [0.05, 0.1) is 11.4 Å². The average molecular weight is 432 g/mol. The number of aliphatic imine (C=N–C) groups is 1. The second-order valence-corrected chi connectivity index (χ2v) is 9.17. The molecule has 1 fully saturated rings. The molecule has 0 aromatic heterocycles. The minimum absolute atomic E-state index is 0.300. The number of para-hydroxylation sites is 1. The van der Waals surface area contributed by atoms with Crippen molar-refractivity contribution in [1.29, 1.82) is 0 Å². The fourth-order valence-electron chi connectivity index (χ4n) is 5.16. The molecule has 32 heavy (non-hydrogen) atoms. The number of Topliss-reactive ketones (excluding diaryl/α,β-unsaturated/α-hetero) is 1. The minimum Gasteiger partial charge on any atom is -0.299 e. The van der Waals surface area contributed by atoms with Crippen LogP contribution in [0.15, 0.2) is 53.5 Å². The van der Waals surface area contributed by atoms with Crippen LogP contribution in [0.4, 0.5) is 5.69 Å². The second-order valence-electron chi connectivity index (χ2n) is 9.17. The van der Waals surface area contributed by atoms with Gasteiger partial charge in [0.25, 0.3) is 0 Å². The summed E-state index contributed by atoms with van der Waals surface area (Å²) in [7, 11) is 0. The van der Waals surface area contributed by atoms with Crippen LogP contribution in [0.5, 0.6) is 0 Å². The Labute approximate surface area is 195 Å². The van der Waals surface area contributed by atoms with Crippen molar-refractivity contribution in [3.8, 4) is 0 Å². The molecule has 0 radical (unpaired) electrons. The zero-order chi connectivity index (χ0) is 22.8. The molecule has 172 valence electrons. The Hall–Kier alpha value is -2.22. The van der Waals surface area contributed by atoms with Crippen molar-refractivity contribution < 1.29 is 4.79 Å². The maximum absolute atomic E-state index is 12.7. The summed E-state index contributed by atoms with van der Waals surface area (Å²) in [5.41, 5.74) is 6.32. The number of ketones is 1. The molecule has 1 aliphatic heterocycles. The lowest BCUT2D eigenvalue weighted by molar-refractivity contribution is -0.123. The van der Waals surface area contributed by atoms with Gasteiger partial charge in [-0.2, -0.15) is 0 Å². The predicted molar refractivity (Wildman–Crippen MR) is 137 cm³/mol. The van der Waals surface area contributed by atoms with Crippen molar-refractivity contribution in [3.05, 3.63) is 65.2 Å². The summed E-state index contributed by atoms with van der Waals surface area (Å²) in [4.78, 5) is 17.6. The Kier molecular flexibility index (Phi) is 9.71. The van der Waals surface area contributed by atoms with Gasteiger partial charge in [-0.3, -0.25) is 9.79 Å². The molecule has 2 aromatic carbocycles. The summed E-state index contributed by atoms with van der Waals surface area (Å²) in [6, 6.07) is 17.5. The van der Waals surface area contributed by atoms with Crippen LogP contribution in [0.1, 0.15) is 108 Å². The van der Waals surface area contributed by atoms with E-state index in [1.54, 1.807) is 0 Å². The lowest BCUT2D eigenvalue weighted by Crippen LogP contribution is -2.13. The van der Waals surface area contributed by atoms with E-state index in [0.29, 0.717) is 17.6 Å². The largest absolute Gasteiger partial charge is 0.299 e. The van der Waals surface area contributed by atoms with Crippen molar-refractivity contribution in [2.75, 3.05) is 0 Å². The molecular weight excluding hydrogens is 390 g/mol. The van der Waals surface area contributed by atoms with Gasteiger partial charge in [0.1, 0.15) is 5.78 Å². The number of unbranched alkanes of at least 4 members (excludes halogenated alkanes) is 3. The van der Waals surface area contributed by atoms with Gasteiger partial charge in [-0.05, 0) is 66.8 Å². The number of hydrogen-bond acceptors (Lipinski definition) is 2. The molecule has 2 aliphatic rings. The molecule has 4 rings (SSSR count). The van der Waals surface area contributed by atoms with E-state index in [1.165, 1.54) is 54.5 Å². The molecule has 0 bridgehead atoms. The monoisotopic (exact) mass is 431 g/mol. The van der Waals surface area contributed by atoms with E-state index in [9.17, 15) is 4.79 Å². The van der Waals surface area contributed by atoms with Crippen molar-refractivity contribution in [2.45, 2.75) is 97.3 Å². The van der Waals surface area contributed by atoms with Crippen LogP contribution >= 0.6 is 0 Å². The van der Waals surface area contributed by atoms with Gasteiger partial charge < -0.3 is 0 Å². The Morgan fingerprint density at radius 2 is 1.78 bits per heavy atom. The number of benzene rings is 2. The first-order chi connectivity index (χ1) is 15.7. The van der Waals surface area contributed by atoms with Crippen LogP contribution in [0.3, 0.4) is 0 Å². The molecule has 2 heteroatoms. The van der Waals surface area contributed by atoms with Crippen LogP contribution in [0.25, 0.3) is 0 Å². The topological polar surface area (TPSA) is 29.4 Å². The summed E-state index contributed by atoms with van der Waals surface area (Å²) < 4.78 is 0. The van der Waals surface area contributed by atoms with Crippen LogP contribution in [-0.4, -0.2) is 11.5 Å². The zero-order valence-corrected chi connectivity index (χ0v) is 20.4. The Morgan fingerprint density at radius 1 is 0.938 bits per heavy atom. The molecule has 2 unspecified atom stereocenters. The highest BCUT2D eigenvalue weighted by Gasteiger charge is 2.25. The molecule has 2 nitrogen and oxygen atoms in total. The zero-order valence-electron chi connectivity index (χ0n) is 20.4. The molecule has 0 spiro atoms. The molecular formula is C30H41NO. The number of nitrogens with zero attached hydrogens (tertiary/aromatic N) is 1. The molecule has 0 amide bonds. The smallest absolute Gasteiger partial charge is 0.135 e. The van der Waals surface area contributed by atoms with E-state index in [4.69, 9.17) is 4.99 Å². The van der Waals surface area contributed by atoms with Gasteiger partial charge in [-0.15, -0.1) is 0 Å². The number of rotatable bonds is 8. The first-order valence-electron chi connectivity index (χ1n) is 13.0. The summed E-state index contributed by atoms with van der Waals surface area (Å²) in [5.74, 6) is 1.40. The van der Waals surface area contributed by atoms with Crippen molar-refractivity contribution in [2.24, 2.45) is 10.9 Å². The van der Waals surface area contributed by atoms with Crippen LogP contribution in [-0.2, 0) is 11.2 Å². The maximum atomic E-state index is 12.7. The van der Waals surface area contributed by atoms with E-state index < -0.39 is 0 Å². The van der Waals surface area contributed by atoms with Gasteiger partial charge in [0, 0.05) is 18.8 Å². The highest BCUT2D eigenvalue weighted by molar-refractivity contribution is 6.06. The number of hydrogen-bond donors (Lipinski definition) is 0. The number of carbonyl (C=O) groups excluding carboxylic acids is 1. The fraction of sp³-hybridized carbons (Fsp3) is 0.533. The summed E-state index contributed by atoms with van der Waals surface area (Å²) >= 11 is 0. The summed E-state index contributed by atoms with van der Waals surface area (Å²) in [5, 5.41) is 0. The molecule has 2 atom stereocenters. The van der Waals surface area contributed by atoms with Gasteiger partial charge in [-0.25, -0.2) is 0 Å². The lowest BCUT2D eigenvalue weighted by Gasteiger charge is -2.16. The SMILES string of the molecule is CC.CCCCCCC(=O)C1CCCC(c2cccc(C3=Nc4ccccc4C3)c2)CC1. The molecule has 2 aromatic rings. The van der Waals surface area contributed by atoms with Gasteiger partial charge in [0.2, 0.25) is 0 Å². The third kappa shape index (κ3) is 6.40. The van der Waals surface area contributed by atoms with E-state index in [-0.39, 0.29) is 0 Å². The third-order valence-electron chi connectivity index (χ3n) is 7.00. The highest BCUT2D eigenvalue weighted by atomic mass is 16.1. The van der Waals surface area contributed by atoms with E-state index in [0.717, 1.165) is 44.2 Å². The minimum atomic E-state index is 0.300. The maximum Gasteiger partial charge on any atom is 0.135 e. The lowest BCUT2D eigenvalue weighted by atomic mass is 9.88. The molecule has 1 heterocycles. The summed E-state index contributed by atoms with van der Waals surface area (Å²) in [6.45, 7) is 6.22. The number of fused-ring (bicyclic) bond motifs is 1. The fourth-order valence-corrected chi connectivity index (χ4v) is 5.16. The van der Waals surface area contributed by atoms with Gasteiger partial charge in [-0.1, -0.05) is 82.9 Å². The van der Waals surface area contributed by atoms with E-state index in [2.05, 4.69) is 55.5 Å². The van der Waals surface area contributed by atoms with Crippen molar-refractivity contribution >= 4 is 17.2 Å². The predicted octanol–water partition coefficient (Wildman–Crippen LogP) is 8.59. The standard InChI is InChI=1S/C28H35NO.C2H6/c1-2-3-4-5-16-28(30)22-12-8-11-21(17-18-22)23-13-9-14-24(19-23)27-20-25-10-6-7-15-26(25)29-27;1-2/h6-7,9-10,13-15,19,21-22H,2-5,8,11-12,16-18,20H2,1H3;1-2H3. The van der Waals surface area contributed by atoms with Crippen molar-refractivity contribution in [3.63, 3.8) is 0 Å². The Bertz CT molecular complexity index is 897. The highest BCUT2D eigenvalue weighted by Crippen LogP contribution is 2.36. The first-order valence-corrected chi connectivity index (χ1v) is 13.0. The normalized spacial score (nSPS) is 19.9. The van der Waals surface area contributed by atoms with Crippen LogP contribution in [0.2, 0.25) is 0 Å². The molecule has 1 saturated carbocycles. The average Bonchev–Trinajstić information content (AvgIpc) is 3.12. The van der Waals surface area contributed by atoms with Crippen molar-refractivity contribution in [1.82, 2.24) is 0 Å². The molecule has 0 saturated heterocycles. The second kappa shape index (κ2) is 12.7. The Morgan fingerprint density at radius 3 is 2.59 bits per heavy atom. The van der Waals surface area contributed by atoms with E-state index >= 15 is 0 Å². The summed E-state index contributed by atoms with van der Waals surface area (Å²) in [6.07, 6.45) is 12.2. The van der Waals surface area contributed by atoms with Crippen LogP contribution < -0.4 is 0 Å². The molecule has 1 aliphatic carbocycles. The number of carbonyl (C=O) groups is 1. The third-order valence-corrected chi connectivity index (χ3v) is 7.00. The van der Waals surface area contributed by atoms with Crippen LogP contribution in [0, 0.1) is 5.92 Å². The molecule has 0 N–H and O–H groups in total. The quantitative estimate of drug-likeness (QED) is 0.304. The Balaban J connectivity index is 0.00000141.